The lowest BCUT2D eigenvalue weighted by molar-refractivity contribution is 0.331. The van der Waals surface area contributed by atoms with Crippen LogP contribution in [0.4, 0.5) is 11.8 Å². The molecule has 2 aromatic carbocycles. The number of anilines is 2. The highest BCUT2D eigenvalue weighted by molar-refractivity contribution is 6.30. The van der Waals surface area contributed by atoms with Gasteiger partial charge >= 0.3 is 0 Å². The van der Waals surface area contributed by atoms with Crippen LogP contribution >= 0.6 is 11.6 Å². The highest BCUT2D eigenvalue weighted by atomic mass is 35.5. The summed E-state index contributed by atoms with van der Waals surface area (Å²) in [5.74, 6) is 2.90. The molecule has 0 unspecified atom stereocenters. The maximum atomic E-state index is 5.89. The summed E-state index contributed by atoms with van der Waals surface area (Å²) in [4.78, 5) is 8.67. The second kappa shape index (κ2) is 9.64. The molecule has 6 nitrogen and oxygen atoms in total. The van der Waals surface area contributed by atoms with Crippen molar-refractivity contribution in [2.75, 3.05) is 30.9 Å². The molecule has 0 amide bonds. The molecule has 0 bridgehead atoms. The van der Waals surface area contributed by atoms with Gasteiger partial charge in [-0.3, -0.25) is 0 Å². The minimum Gasteiger partial charge on any atom is -0.497 e. The van der Waals surface area contributed by atoms with Crippen LogP contribution in [0.1, 0.15) is 5.56 Å². The fourth-order valence-corrected chi connectivity index (χ4v) is 2.47. The van der Waals surface area contributed by atoms with Gasteiger partial charge in [0.05, 0.1) is 13.7 Å². The fourth-order valence-electron chi connectivity index (χ4n) is 2.35. The molecule has 1 aromatic heterocycles. The molecule has 0 aliphatic carbocycles. The minimum atomic E-state index is 0.518. The normalized spacial score (nSPS) is 10.3. The summed E-state index contributed by atoms with van der Waals surface area (Å²) in [6.07, 6.45) is 1.71. The van der Waals surface area contributed by atoms with Crippen LogP contribution in [0.3, 0.4) is 0 Å². The van der Waals surface area contributed by atoms with E-state index >= 15 is 0 Å². The van der Waals surface area contributed by atoms with Crippen LogP contribution in [-0.2, 0) is 6.54 Å². The molecule has 2 N–H and O–H groups in total. The Morgan fingerprint density at radius 1 is 0.926 bits per heavy atom. The summed E-state index contributed by atoms with van der Waals surface area (Å²) in [5.41, 5.74) is 1.11. The van der Waals surface area contributed by atoms with Crippen molar-refractivity contribution in [3.05, 3.63) is 71.4 Å². The van der Waals surface area contributed by atoms with Crippen molar-refractivity contribution >= 4 is 23.4 Å². The predicted octanol–water partition coefficient (Wildman–Crippen LogP) is 4.24. The number of ether oxygens (including phenoxy) is 2. The third kappa shape index (κ3) is 6.04. The highest BCUT2D eigenvalue weighted by Crippen LogP contribution is 2.17. The van der Waals surface area contributed by atoms with E-state index in [1.807, 2.05) is 54.6 Å². The van der Waals surface area contributed by atoms with Gasteiger partial charge in [0.1, 0.15) is 23.9 Å². The first-order valence-electron chi connectivity index (χ1n) is 8.55. The Balaban J connectivity index is 1.43. The molecular formula is C20H21ClN4O2. The first-order chi connectivity index (χ1) is 13.2. The van der Waals surface area contributed by atoms with Gasteiger partial charge in [-0.15, -0.1) is 0 Å². The van der Waals surface area contributed by atoms with Gasteiger partial charge in [-0.2, -0.15) is 4.98 Å². The van der Waals surface area contributed by atoms with Crippen molar-refractivity contribution in [3.63, 3.8) is 0 Å². The van der Waals surface area contributed by atoms with Gasteiger partial charge in [-0.05, 0) is 48.0 Å². The van der Waals surface area contributed by atoms with Gasteiger partial charge in [0.2, 0.25) is 5.95 Å². The zero-order chi connectivity index (χ0) is 18.9. The molecule has 0 spiro atoms. The van der Waals surface area contributed by atoms with Gasteiger partial charge in [-0.25, -0.2) is 4.98 Å². The first-order valence-corrected chi connectivity index (χ1v) is 8.93. The maximum Gasteiger partial charge on any atom is 0.224 e. The second-order valence-corrected chi connectivity index (χ2v) is 6.13. The lowest BCUT2D eigenvalue weighted by Gasteiger charge is -2.10. The van der Waals surface area contributed by atoms with Crippen molar-refractivity contribution in [2.45, 2.75) is 6.54 Å². The van der Waals surface area contributed by atoms with Crippen LogP contribution in [0.5, 0.6) is 11.5 Å². The highest BCUT2D eigenvalue weighted by Gasteiger charge is 2.00. The van der Waals surface area contributed by atoms with E-state index in [2.05, 4.69) is 20.6 Å². The van der Waals surface area contributed by atoms with E-state index in [9.17, 15) is 0 Å². The van der Waals surface area contributed by atoms with E-state index in [1.165, 1.54) is 0 Å². The summed E-state index contributed by atoms with van der Waals surface area (Å²) in [6, 6.07) is 17.0. The summed E-state index contributed by atoms with van der Waals surface area (Å²) in [6.45, 7) is 1.77. The number of nitrogens with one attached hydrogen (secondary N) is 2. The van der Waals surface area contributed by atoms with Crippen LogP contribution in [0.15, 0.2) is 60.8 Å². The zero-order valence-electron chi connectivity index (χ0n) is 15.0. The Bertz CT molecular complexity index is 841. The zero-order valence-corrected chi connectivity index (χ0v) is 15.7. The van der Waals surface area contributed by atoms with Crippen LogP contribution in [0.25, 0.3) is 0 Å². The van der Waals surface area contributed by atoms with Gasteiger partial charge in [0.25, 0.3) is 0 Å². The van der Waals surface area contributed by atoms with Crippen LogP contribution in [0, 0.1) is 0 Å². The monoisotopic (exact) mass is 384 g/mol. The Morgan fingerprint density at radius 2 is 1.67 bits per heavy atom. The van der Waals surface area contributed by atoms with Crippen molar-refractivity contribution in [3.8, 4) is 11.5 Å². The van der Waals surface area contributed by atoms with E-state index in [4.69, 9.17) is 21.1 Å². The smallest absolute Gasteiger partial charge is 0.224 e. The standard InChI is InChI=1S/C20H21ClN4O2/c1-26-17-6-8-18(9-7-17)27-13-12-22-19-10-11-23-20(25-19)24-14-15-2-4-16(21)5-3-15/h2-11H,12-14H2,1H3,(H2,22,23,24,25). The van der Waals surface area contributed by atoms with Gasteiger partial charge < -0.3 is 20.1 Å². The summed E-state index contributed by atoms with van der Waals surface area (Å²) in [7, 11) is 1.64. The summed E-state index contributed by atoms with van der Waals surface area (Å²) in [5, 5.41) is 7.15. The molecule has 0 radical (unpaired) electrons. The maximum absolute atomic E-state index is 5.89. The number of rotatable bonds is 9. The minimum absolute atomic E-state index is 0.518. The van der Waals surface area contributed by atoms with E-state index in [1.54, 1.807) is 13.3 Å². The average molecular weight is 385 g/mol. The van der Waals surface area contributed by atoms with E-state index < -0.39 is 0 Å². The van der Waals surface area contributed by atoms with Gasteiger partial charge in [0.15, 0.2) is 0 Å². The number of benzene rings is 2. The molecule has 3 rings (SSSR count). The van der Waals surface area contributed by atoms with Crippen molar-refractivity contribution in [2.24, 2.45) is 0 Å². The molecule has 0 aliphatic heterocycles. The van der Waals surface area contributed by atoms with E-state index in [0.29, 0.717) is 25.6 Å². The van der Waals surface area contributed by atoms with Crippen LogP contribution < -0.4 is 20.1 Å². The molecular weight excluding hydrogens is 364 g/mol. The van der Waals surface area contributed by atoms with E-state index in [-0.39, 0.29) is 0 Å². The Morgan fingerprint density at radius 3 is 2.41 bits per heavy atom. The Kier molecular flexibility index (Phi) is 6.71. The topological polar surface area (TPSA) is 68.3 Å². The van der Waals surface area contributed by atoms with Crippen LogP contribution in [-0.4, -0.2) is 30.2 Å². The third-order valence-corrected chi connectivity index (χ3v) is 4.01. The Hall–Kier alpha value is -2.99. The molecule has 1 heterocycles. The second-order valence-electron chi connectivity index (χ2n) is 5.70. The third-order valence-electron chi connectivity index (χ3n) is 3.76. The van der Waals surface area contributed by atoms with Crippen molar-refractivity contribution < 1.29 is 9.47 Å². The fraction of sp³-hybridized carbons (Fsp3) is 0.200. The van der Waals surface area contributed by atoms with E-state index in [0.717, 1.165) is 27.9 Å². The number of aromatic nitrogens is 2. The quantitative estimate of drug-likeness (QED) is 0.538. The van der Waals surface area contributed by atoms with Gasteiger partial charge in [-0.1, -0.05) is 23.7 Å². The number of hydrogen-bond donors (Lipinski definition) is 2. The molecule has 0 atom stereocenters. The summed E-state index contributed by atoms with van der Waals surface area (Å²) >= 11 is 5.89. The largest absolute Gasteiger partial charge is 0.497 e. The van der Waals surface area contributed by atoms with Crippen molar-refractivity contribution in [1.82, 2.24) is 9.97 Å². The lowest BCUT2D eigenvalue weighted by atomic mass is 10.2. The average Bonchev–Trinajstić information content (AvgIpc) is 2.71. The number of nitrogens with zero attached hydrogens (tertiary/aromatic N) is 2. The van der Waals surface area contributed by atoms with Crippen LogP contribution in [0.2, 0.25) is 5.02 Å². The molecule has 3 aromatic rings. The van der Waals surface area contributed by atoms with Crippen molar-refractivity contribution in [1.29, 1.82) is 0 Å². The number of halogens is 1. The number of hydrogen-bond acceptors (Lipinski definition) is 6. The summed E-state index contributed by atoms with van der Waals surface area (Å²) < 4.78 is 10.8. The molecule has 27 heavy (non-hydrogen) atoms. The molecule has 0 aliphatic rings. The van der Waals surface area contributed by atoms with Gasteiger partial charge in [0, 0.05) is 17.8 Å². The molecule has 0 saturated heterocycles. The molecule has 140 valence electrons. The predicted molar refractivity (Wildman–Crippen MR) is 108 cm³/mol. The lowest BCUT2D eigenvalue weighted by Crippen LogP contribution is -2.13. The molecule has 0 saturated carbocycles. The first kappa shape index (κ1) is 18.8. The number of methoxy groups -OCH3 is 1. The Labute approximate surface area is 163 Å². The molecule has 0 fully saturated rings. The molecule has 7 heteroatoms. The SMILES string of the molecule is COc1ccc(OCCNc2ccnc(NCc3ccc(Cl)cc3)n2)cc1.